The van der Waals surface area contributed by atoms with E-state index in [-0.39, 0.29) is 18.9 Å². The van der Waals surface area contributed by atoms with Crippen LogP contribution in [-0.2, 0) is 6.42 Å². The van der Waals surface area contributed by atoms with Gasteiger partial charge in [0.1, 0.15) is 0 Å². The summed E-state index contributed by atoms with van der Waals surface area (Å²) >= 11 is 1.24. The van der Waals surface area contributed by atoms with Crippen LogP contribution in [0, 0.1) is 11.6 Å². The van der Waals surface area contributed by atoms with E-state index >= 15 is 0 Å². The Balaban J connectivity index is 2.07. The standard InChI is InChI=1S/C17H21F2N5OS/c1-24(22)15(8-21)11-6-16(26-9-11)17(25)23-12(7-20)4-10-2-3-13(18)14(19)5-10/h2-3,5-6,8-9,12H,4,7,20-22H2,1H3,(H,23,25)/b15-8-. The van der Waals surface area contributed by atoms with E-state index in [0.717, 1.165) is 17.7 Å². The predicted octanol–water partition coefficient (Wildman–Crippen LogP) is 1.39. The van der Waals surface area contributed by atoms with Crippen LogP contribution in [0.1, 0.15) is 20.8 Å². The molecule has 7 N–H and O–H groups in total. The smallest absolute Gasteiger partial charge is 0.261 e. The summed E-state index contributed by atoms with van der Waals surface area (Å²) < 4.78 is 26.3. The van der Waals surface area contributed by atoms with E-state index in [1.165, 1.54) is 28.6 Å². The van der Waals surface area contributed by atoms with Gasteiger partial charge in [-0.25, -0.2) is 14.6 Å². The van der Waals surface area contributed by atoms with E-state index in [9.17, 15) is 13.6 Å². The molecule has 0 fully saturated rings. The largest absolute Gasteiger partial charge is 0.403 e. The zero-order valence-corrected chi connectivity index (χ0v) is 15.0. The summed E-state index contributed by atoms with van der Waals surface area (Å²) in [5.41, 5.74) is 13.1. The van der Waals surface area contributed by atoms with Gasteiger partial charge in [-0.15, -0.1) is 11.3 Å². The summed E-state index contributed by atoms with van der Waals surface area (Å²) in [5.74, 6) is 3.53. The van der Waals surface area contributed by atoms with Crippen LogP contribution in [0.25, 0.3) is 5.70 Å². The lowest BCUT2D eigenvalue weighted by Gasteiger charge is -2.17. The molecule has 6 nitrogen and oxygen atoms in total. The Morgan fingerprint density at radius 3 is 2.65 bits per heavy atom. The SMILES string of the molecule is CN(N)/C(=C\N)c1csc(C(=O)NC(CN)Cc2ccc(F)c(F)c2)c1. The Bertz CT molecular complexity index is 806. The van der Waals surface area contributed by atoms with E-state index < -0.39 is 17.7 Å². The molecule has 2 aromatic rings. The maximum Gasteiger partial charge on any atom is 0.261 e. The van der Waals surface area contributed by atoms with E-state index in [1.807, 2.05) is 0 Å². The fourth-order valence-electron chi connectivity index (χ4n) is 2.41. The van der Waals surface area contributed by atoms with Crippen LogP contribution in [0.5, 0.6) is 0 Å². The molecule has 1 unspecified atom stereocenters. The van der Waals surface area contributed by atoms with Crippen molar-refractivity contribution in [2.75, 3.05) is 13.6 Å². The van der Waals surface area contributed by atoms with Crippen LogP contribution in [0.4, 0.5) is 8.78 Å². The van der Waals surface area contributed by atoms with Crippen molar-refractivity contribution in [3.63, 3.8) is 0 Å². The number of benzene rings is 1. The van der Waals surface area contributed by atoms with Crippen LogP contribution >= 0.6 is 11.3 Å². The predicted molar refractivity (Wildman–Crippen MR) is 98.8 cm³/mol. The highest BCUT2D eigenvalue weighted by atomic mass is 32.1. The van der Waals surface area contributed by atoms with Crippen molar-refractivity contribution in [1.82, 2.24) is 10.3 Å². The van der Waals surface area contributed by atoms with Crippen LogP contribution in [0.3, 0.4) is 0 Å². The number of carbonyl (C=O) groups is 1. The molecule has 0 aliphatic rings. The first-order chi connectivity index (χ1) is 12.3. The zero-order chi connectivity index (χ0) is 19.3. The van der Waals surface area contributed by atoms with Gasteiger partial charge in [-0.05, 0) is 30.2 Å². The van der Waals surface area contributed by atoms with Crippen LogP contribution in [0.2, 0.25) is 0 Å². The molecule has 0 spiro atoms. The first kappa shape index (κ1) is 19.8. The summed E-state index contributed by atoms with van der Waals surface area (Å²) in [6.45, 7) is 0.155. The van der Waals surface area contributed by atoms with Gasteiger partial charge in [-0.2, -0.15) is 0 Å². The van der Waals surface area contributed by atoms with E-state index in [4.69, 9.17) is 17.3 Å². The lowest BCUT2D eigenvalue weighted by Crippen LogP contribution is -2.41. The average molecular weight is 381 g/mol. The van der Waals surface area contributed by atoms with Gasteiger partial charge in [0.05, 0.1) is 10.6 Å². The van der Waals surface area contributed by atoms with Crippen molar-refractivity contribution in [2.24, 2.45) is 17.3 Å². The van der Waals surface area contributed by atoms with Crippen molar-refractivity contribution >= 4 is 22.9 Å². The number of hydrogen-bond acceptors (Lipinski definition) is 6. The number of hydrogen-bond donors (Lipinski definition) is 4. The molecule has 0 saturated heterocycles. The lowest BCUT2D eigenvalue weighted by molar-refractivity contribution is 0.0942. The first-order valence-electron chi connectivity index (χ1n) is 7.79. The molecular formula is C17H21F2N5OS. The van der Waals surface area contributed by atoms with Gasteiger partial charge in [0, 0.05) is 36.8 Å². The third-order valence-corrected chi connectivity index (χ3v) is 4.67. The van der Waals surface area contributed by atoms with Crippen molar-refractivity contribution in [3.8, 4) is 0 Å². The van der Waals surface area contributed by atoms with Gasteiger partial charge in [0.2, 0.25) is 0 Å². The summed E-state index contributed by atoms with van der Waals surface area (Å²) in [6, 6.07) is 4.87. The van der Waals surface area contributed by atoms with Crippen LogP contribution < -0.4 is 22.6 Å². The third kappa shape index (κ3) is 4.78. The number of carbonyl (C=O) groups excluding carboxylic acids is 1. The molecule has 1 aromatic heterocycles. The number of nitrogens with two attached hydrogens (primary N) is 3. The molecule has 9 heteroatoms. The number of amides is 1. The summed E-state index contributed by atoms with van der Waals surface area (Å²) in [4.78, 5) is 12.9. The van der Waals surface area contributed by atoms with Gasteiger partial charge in [-0.1, -0.05) is 6.07 Å². The van der Waals surface area contributed by atoms with E-state index in [1.54, 1.807) is 18.5 Å². The van der Waals surface area contributed by atoms with E-state index in [2.05, 4.69) is 5.32 Å². The Labute approximate surface area is 154 Å². The van der Waals surface area contributed by atoms with Gasteiger partial charge in [0.15, 0.2) is 11.6 Å². The maximum absolute atomic E-state index is 13.3. The van der Waals surface area contributed by atoms with Crippen molar-refractivity contribution in [3.05, 3.63) is 63.5 Å². The average Bonchev–Trinajstić information content (AvgIpc) is 3.07. The molecule has 0 bridgehead atoms. The molecule has 2 rings (SSSR count). The number of nitrogens with one attached hydrogen (secondary N) is 1. The quantitative estimate of drug-likeness (QED) is 0.428. The van der Waals surface area contributed by atoms with Gasteiger partial charge >= 0.3 is 0 Å². The second-order valence-electron chi connectivity index (χ2n) is 5.72. The molecule has 1 aromatic carbocycles. The number of hydrazine groups is 1. The molecule has 0 saturated carbocycles. The van der Waals surface area contributed by atoms with Crippen molar-refractivity contribution in [2.45, 2.75) is 12.5 Å². The third-order valence-electron chi connectivity index (χ3n) is 3.74. The van der Waals surface area contributed by atoms with E-state index in [0.29, 0.717) is 16.1 Å². The minimum Gasteiger partial charge on any atom is -0.403 e. The Kier molecular flexibility index (Phi) is 6.67. The number of halogens is 2. The normalized spacial score (nSPS) is 12.7. The Hall–Kier alpha value is -2.49. The summed E-state index contributed by atoms with van der Waals surface area (Å²) in [6.07, 6.45) is 1.65. The minimum atomic E-state index is -0.931. The second kappa shape index (κ2) is 8.75. The Morgan fingerprint density at radius 1 is 1.35 bits per heavy atom. The molecule has 0 radical (unpaired) electrons. The lowest BCUT2D eigenvalue weighted by atomic mass is 10.1. The number of thiophene rings is 1. The Morgan fingerprint density at radius 2 is 2.08 bits per heavy atom. The van der Waals surface area contributed by atoms with Crippen LogP contribution in [0.15, 0.2) is 35.8 Å². The summed E-state index contributed by atoms with van der Waals surface area (Å²) in [7, 11) is 1.64. The van der Waals surface area contributed by atoms with Crippen LogP contribution in [-0.4, -0.2) is 30.6 Å². The van der Waals surface area contributed by atoms with Gasteiger partial charge in [-0.3, -0.25) is 4.79 Å². The van der Waals surface area contributed by atoms with Crippen molar-refractivity contribution in [1.29, 1.82) is 0 Å². The molecule has 1 heterocycles. The number of nitrogens with zero attached hydrogens (tertiary/aromatic N) is 1. The minimum absolute atomic E-state index is 0.155. The monoisotopic (exact) mass is 381 g/mol. The topological polar surface area (TPSA) is 110 Å². The fourth-order valence-corrected chi connectivity index (χ4v) is 3.21. The molecule has 0 aliphatic heterocycles. The zero-order valence-electron chi connectivity index (χ0n) is 14.2. The molecule has 140 valence electrons. The first-order valence-corrected chi connectivity index (χ1v) is 8.67. The molecule has 26 heavy (non-hydrogen) atoms. The van der Waals surface area contributed by atoms with Gasteiger partial charge in [0.25, 0.3) is 5.91 Å². The number of rotatable bonds is 7. The fraction of sp³-hybridized carbons (Fsp3) is 0.235. The molecule has 1 atom stereocenters. The molecule has 1 amide bonds. The molecule has 0 aliphatic carbocycles. The maximum atomic E-state index is 13.3. The highest BCUT2D eigenvalue weighted by Gasteiger charge is 2.17. The van der Waals surface area contributed by atoms with Crippen molar-refractivity contribution < 1.29 is 13.6 Å². The highest BCUT2D eigenvalue weighted by Crippen LogP contribution is 2.22. The highest BCUT2D eigenvalue weighted by molar-refractivity contribution is 7.12. The second-order valence-corrected chi connectivity index (χ2v) is 6.63. The van der Waals surface area contributed by atoms with Gasteiger partial charge < -0.3 is 21.8 Å². The molecular weight excluding hydrogens is 360 g/mol. The summed E-state index contributed by atoms with van der Waals surface area (Å²) in [5, 5.41) is 5.92.